The predicted octanol–water partition coefficient (Wildman–Crippen LogP) is 8.59. The maximum atomic E-state index is 13.5. The summed E-state index contributed by atoms with van der Waals surface area (Å²) in [5.41, 5.74) is 3.33. The first kappa shape index (κ1) is 27.7. The van der Waals surface area contributed by atoms with Crippen molar-refractivity contribution in [2.45, 2.75) is 91.9 Å². The van der Waals surface area contributed by atoms with Gasteiger partial charge in [-0.3, -0.25) is 0 Å². The number of rotatable bonds is 14. The lowest BCUT2D eigenvalue weighted by molar-refractivity contribution is 0.0490. The topological polar surface area (TPSA) is 52.6 Å². The highest BCUT2D eigenvalue weighted by Crippen LogP contribution is 2.35. The van der Waals surface area contributed by atoms with Gasteiger partial charge in [0.2, 0.25) is 0 Å². The third-order valence-electron chi connectivity index (χ3n) is 6.93. The molecule has 0 aliphatic rings. The molecular formula is C32H42O4. The molecule has 36 heavy (non-hydrogen) atoms. The van der Waals surface area contributed by atoms with Crippen molar-refractivity contribution in [2.24, 2.45) is 0 Å². The highest BCUT2D eigenvalue weighted by molar-refractivity contribution is 6.24. The van der Waals surface area contributed by atoms with Gasteiger partial charge in [0.15, 0.2) is 0 Å². The van der Waals surface area contributed by atoms with Gasteiger partial charge in [-0.15, -0.1) is 0 Å². The van der Waals surface area contributed by atoms with Crippen LogP contribution in [0.3, 0.4) is 0 Å². The summed E-state index contributed by atoms with van der Waals surface area (Å²) in [5.74, 6) is -0.642. The van der Waals surface area contributed by atoms with E-state index >= 15 is 0 Å². The summed E-state index contributed by atoms with van der Waals surface area (Å²) in [6.07, 6.45) is 10.0. The number of aryl methyl sites for hydroxylation is 2. The first-order valence-electron chi connectivity index (χ1n) is 13.9. The van der Waals surface area contributed by atoms with E-state index in [1.807, 2.05) is 36.4 Å². The molecule has 0 aromatic heterocycles. The van der Waals surface area contributed by atoms with Crippen LogP contribution in [0.5, 0.6) is 0 Å². The van der Waals surface area contributed by atoms with E-state index in [1.54, 1.807) is 0 Å². The minimum absolute atomic E-state index is 0.321. The summed E-state index contributed by atoms with van der Waals surface area (Å²) in [5, 5.41) is 3.04. The summed E-state index contributed by atoms with van der Waals surface area (Å²) in [6.45, 7) is 9.32. The molecule has 3 aromatic carbocycles. The molecule has 0 saturated carbocycles. The van der Waals surface area contributed by atoms with E-state index in [2.05, 4.69) is 27.7 Å². The Hall–Kier alpha value is -2.88. The number of hydrogen-bond acceptors (Lipinski definition) is 4. The Labute approximate surface area is 216 Å². The highest BCUT2D eigenvalue weighted by atomic mass is 16.5. The standard InChI is InChI=1S/C32H42O4/c1-5-9-11-13-19-35-31(33)29-25-17-15-24(8-4)22-28(25)30(32(34)36-20-14-12-10-6-2)26-18-16-23(7-3)21-27(26)29/h15-18,21-22H,5-14,19-20H2,1-4H3. The van der Waals surface area contributed by atoms with E-state index in [9.17, 15) is 9.59 Å². The van der Waals surface area contributed by atoms with Gasteiger partial charge in [0.1, 0.15) is 0 Å². The lowest BCUT2D eigenvalue weighted by Crippen LogP contribution is -2.13. The quantitative estimate of drug-likeness (QED) is 0.129. The predicted molar refractivity (Wildman–Crippen MR) is 149 cm³/mol. The Balaban J connectivity index is 2.11. The molecule has 3 rings (SSSR count). The van der Waals surface area contributed by atoms with Crippen LogP contribution in [0.15, 0.2) is 36.4 Å². The Bertz CT molecular complexity index is 1080. The van der Waals surface area contributed by atoms with Gasteiger partial charge in [0.25, 0.3) is 0 Å². The zero-order valence-electron chi connectivity index (χ0n) is 22.6. The zero-order valence-corrected chi connectivity index (χ0v) is 22.6. The first-order valence-corrected chi connectivity index (χ1v) is 13.9. The molecule has 0 spiro atoms. The van der Waals surface area contributed by atoms with E-state index in [0.29, 0.717) is 24.3 Å². The number of carbonyl (C=O) groups is 2. The summed E-state index contributed by atoms with van der Waals surface area (Å²) < 4.78 is 11.5. The molecule has 4 nitrogen and oxygen atoms in total. The number of ether oxygens (including phenoxy) is 2. The largest absolute Gasteiger partial charge is 0.462 e. The van der Waals surface area contributed by atoms with E-state index < -0.39 is 0 Å². The Morgan fingerprint density at radius 3 is 1.33 bits per heavy atom. The van der Waals surface area contributed by atoms with Crippen LogP contribution in [0.1, 0.15) is 111 Å². The Morgan fingerprint density at radius 2 is 0.972 bits per heavy atom. The molecule has 0 aliphatic carbocycles. The van der Waals surface area contributed by atoms with Gasteiger partial charge in [0.05, 0.1) is 24.3 Å². The van der Waals surface area contributed by atoms with Crippen LogP contribution in [0, 0.1) is 0 Å². The Morgan fingerprint density at radius 1 is 0.556 bits per heavy atom. The third kappa shape index (κ3) is 6.66. The van der Waals surface area contributed by atoms with Crippen molar-refractivity contribution in [3.05, 3.63) is 58.7 Å². The molecule has 4 heteroatoms. The van der Waals surface area contributed by atoms with Crippen LogP contribution in [0.2, 0.25) is 0 Å². The average molecular weight is 491 g/mol. The fourth-order valence-corrected chi connectivity index (χ4v) is 4.73. The van der Waals surface area contributed by atoms with Crippen LogP contribution in [-0.4, -0.2) is 25.2 Å². The number of esters is 2. The summed E-state index contributed by atoms with van der Waals surface area (Å²) in [7, 11) is 0. The van der Waals surface area contributed by atoms with E-state index in [0.717, 1.165) is 96.9 Å². The lowest BCUT2D eigenvalue weighted by atomic mass is 9.89. The number of fused-ring (bicyclic) bond motifs is 2. The van der Waals surface area contributed by atoms with E-state index in [-0.39, 0.29) is 11.9 Å². The van der Waals surface area contributed by atoms with Gasteiger partial charge >= 0.3 is 11.9 Å². The van der Waals surface area contributed by atoms with Gasteiger partial charge in [-0.05, 0) is 58.4 Å². The van der Waals surface area contributed by atoms with Crippen molar-refractivity contribution in [3.8, 4) is 0 Å². The number of hydrogen-bond donors (Lipinski definition) is 0. The van der Waals surface area contributed by atoms with Crippen molar-refractivity contribution >= 4 is 33.5 Å². The fourth-order valence-electron chi connectivity index (χ4n) is 4.73. The maximum Gasteiger partial charge on any atom is 0.339 e. The average Bonchev–Trinajstić information content (AvgIpc) is 2.90. The van der Waals surface area contributed by atoms with Crippen molar-refractivity contribution in [1.29, 1.82) is 0 Å². The van der Waals surface area contributed by atoms with Crippen molar-refractivity contribution < 1.29 is 19.1 Å². The van der Waals surface area contributed by atoms with Crippen LogP contribution < -0.4 is 0 Å². The molecule has 0 saturated heterocycles. The monoisotopic (exact) mass is 490 g/mol. The summed E-state index contributed by atoms with van der Waals surface area (Å²) in [6, 6.07) is 12.1. The normalized spacial score (nSPS) is 11.2. The molecule has 0 bridgehead atoms. The molecule has 194 valence electrons. The van der Waals surface area contributed by atoms with Gasteiger partial charge in [-0.1, -0.05) is 103 Å². The van der Waals surface area contributed by atoms with Crippen molar-refractivity contribution in [1.82, 2.24) is 0 Å². The second-order valence-corrected chi connectivity index (χ2v) is 9.61. The fraction of sp³-hybridized carbons (Fsp3) is 0.500. The number of carbonyl (C=O) groups excluding carboxylic acids is 2. The molecule has 0 N–H and O–H groups in total. The molecule has 0 heterocycles. The molecule has 0 amide bonds. The molecular weight excluding hydrogens is 448 g/mol. The summed E-state index contributed by atoms with van der Waals surface area (Å²) in [4.78, 5) is 26.9. The first-order chi connectivity index (χ1) is 17.5. The smallest absolute Gasteiger partial charge is 0.339 e. The van der Waals surface area contributed by atoms with Gasteiger partial charge in [0, 0.05) is 0 Å². The Kier molecular flexibility index (Phi) is 10.8. The molecule has 0 fully saturated rings. The van der Waals surface area contributed by atoms with Crippen LogP contribution in [0.25, 0.3) is 21.5 Å². The molecule has 0 aliphatic heterocycles. The minimum Gasteiger partial charge on any atom is -0.462 e. The minimum atomic E-state index is -0.321. The highest BCUT2D eigenvalue weighted by Gasteiger charge is 2.24. The van der Waals surface area contributed by atoms with Gasteiger partial charge in [-0.2, -0.15) is 0 Å². The second kappa shape index (κ2) is 14.0. The molecule has 0 radical (unpaired) electrons. The molecule has 0 unspecified atom stereocenters. The van der Waals surface area contributed by atoms with Crippen LogP contribution >= 0.6 is 0 Å². The number of benzene rings is 3. The van der Waals surface area contributed by atoms with Crippen LogP contribution in [0.4, 0.5) is 0 Å². The van der Waals surface area contributed by atoms with E-state index in [1.165, 1.54) is 0 Å². The molecule has 0 atom stereocenters. The second-order valence-electron chi connectivity index (χ2n) is 9.61. The van der Waals surface area contributed by atoms with E-state index in [4.69, 9.17) is 9.47 Å². The van der Waals surface area contributed by atoms with Gasteiger partial charge in [-0.25, -0.2) is 9.59 Å². The van der Waals surface area contributed by atoms with Crippen molar-refractivity contribution in [3.63, 3.8) is 0 Å². The van der Waals surface area contributed by atoms with Crippen LogP contribution in [-0.2, 0) is 22.3 Å². The maximum absolute atomic E-state index is 13.5. The zero-order chi connectivity index (χ0) is 25.9. The molecule has 3 aromatic rings. The third-order valence-corrected chi connectivity index (χ3v) is 6.93. The number of unbranched alkanes of at least 4 members (excludes halogenated alkanes) is 6. The SMILES string of the molecule is CCCCCCOC(=O)c1c2ccc(CC)cc2c(C(=O)OCCCCCC)c2ccc(CC)cc12. The van der Waals surface area contributed by atoms with Crippen molar-refractivity contribution in [2.75, 3.05) is 13.2 Å². The van der Waals surface area contributed by atoms with Gasteiger partial charge < -0.3 is 9.47 Å². The lowest BCUT2D eigenvalue weighted by Gasteiger charge is -2.17. The summed E-state index contributed by atoms with van der Waals surface area (Å²) >= 11 is 0.